The Hall–Kier alpha value is -2.21. The van der Waals surface area contributed by atoms with Crippen LogP contribution in [0.4, 0.5) is 4.39 Å². The summed E-state index contributed by atoms with van der Waals surface area (Å²) in [5, 5.41) is 4.12. The second-order valence-corrected chi connectivity index (χ2v) is 8.19. The molecule has 1 aliphatic heterocycles. The van der Waals surface area contributed by atoms with Gasteiger partial charge < -0.3 is 9.42 Å². The van der Waals surface area contributed by atoms with Crippen LogP contribution in [0.25, 0.3) is 0 Å². The van der Waals surface area contributed by atoms with Crippen molar-refractivity contribution in [1.29, 1.82) is 0 Å². The van der Waals surface area contributed by atoms with Gasteiger partial charge in [0.05, 0.1) is 0 Å². The first-order chi connectivity index (χ1) is 12.8. The van der Waals surface area contributed by atoms with Crippen LogP contribution in [0.1, 0.15) is 48.1 Å². The number of aromatic nitrogens is 1. The topological polar surface area (TPSA) is 49.6 Å². The number of nitrogens with zero attached hydrogens (tertiary/aromatic N) is 3. The van der Waals surface area contributed by atoms with Gasteiger partial charge in [0.2, 0.25) is 0 Å². The molecule has 2 heterocycles. The molecule has 5 nitrogen and oxygen atoms in total. The molecule has 1 saturated heterocycles. The average Bonchev–Trinajstić information content (AvgIpc) is 3.03. The van der Waals surface area contributed by atoms with E-state index < -0.39 is 0 Å². The van der Waals surface area contributed by atoms with E-state index in [-0.39, 0.29) is 17.1 Å². The van der Waals surface area contributed by atoms with Crippen LogP contribution in [0.3, 0.4) is 0 Å². The molecule has 1 fully saturated rings. The first kappa shape index (κ1) is 19.5. The summed E-state index contributed by atoms with van der Waals surface area (Å²) < 4.78 is 19.1. The van der Waals surface area contributed by atoms with Crippen LogP contribution >= 0.6 is 0 Å². The molecule has 0 saturated carbocycles. The Labute approximate surface area is 160 Å². The number of hydrogen-bond donors (Lipinski definition) is 0. The summed E-state index contributed by atoms with van der Waals surface area (Å²) in [6.07, 6.45) is 0.680. The first-order valence-electron chi connectivity index (χ1n) is 9.49. The lowest BCUT2D eigenvalue weighted by atomic mass is 9.88. The molecule has 6 heteroatoms. The zero-order chi connectivity index (χ0) is 19.6. The van der Waals surface area contributed by atoms with Crippen molar-refractivity contribution in [3.8, 4) is 0 Å². The zero-order valence-electron chi connectivity index (χ0n) is 16.6. The molecular formula is C21H28FN3O2. The van der Waals surface area contributed by atoms with Gasteiger partial charge in [0.1, 0.15) is 22.8 Å². The highest BCUT2D eigenvalue weighted by Crippen LogP contribution is 2.28. The maximum absolute atomic E-state index is 13.8. The molecule has 0 radical (unpaired) electrons. The van der Waals surface area contributed by atoms with E-state index in [0.29, 0.717) is 36.5 Å². The summed E-state index contributed by atoms with van der Waals surface area (Å²) >= 11 is 0. The van der Waals surface area contributed by atoms with Crippen molar-refractivity contribution < 1.29 is 13.7 Å². The summed E-state index contributed by atoms with van der Waals surface area (Å²) in [6, 6.07) is 6.91. The predicted octanol–water partition coefficient (Wildman–Crippen LogP) is 3.42. The fraction of sp³-hybridized carbons (Fsp3) is 0.524. The van der Waals surface area contributed by atoms with Gasteiger partial charge in [-0.3, -0.25) is 9.69 Å². The zero-order valence-corrected chi connectivity index (χ0v) is 16.6. The van der Waals surface area contributed by atoms with Crippen LogP contribution in [0, 0.1) is 12.7 Å². The van der Waals surface area contributed by atoms with Gasteiger partial charge in [0.25, 0.3) is 5.91 Å². The van der Waals surface area contributed by atoms with E-state index >= 15 is 0 Å². The van der Waals surface area contributed by atoms with Gasteiger partial charge >= 0.3 is 0 Å². The Bertz CT molecular complexity index is 802. The van der Waals surface area contributed by atoms with Crippen molar-refractivity contribution >= 4 is 5.91 Å². The molecule has 0 unspecified atom stereocenters. The monoisotopic (exact) mass is 373 g/mol. The molecule has 1 aromatic carbocycles. The largest absolute Gasteiger partial charge is 0.361 e. The molecule has 1 amide bonds. The van der Waals surface area contributed by atoms with Crippen LogP contribution in [-0.4, -0.2) is 53.6 Å². The lowest BCUT2D eigenvalue weighted by molar-refractivity contribution is 0.0634. The number of rotatable bonds is 4. The number of aryl methyl sites for hydroxylation is 1. The fourth-order valence-corrected chi connectivity index (χ4v) is 3.45. The second kappa shape index (κ2) is 7.80. The van der Waals surface area contributed by atoms with Gasteiger partial charge in [-0.15, -0.1) is 0 Å². The number of carbonyl (C=O) groups excluding carboxylic acids is 1. The molecule has 0 aliphatic carbocycles. The molecule has 146 valence electrons. The number of carbonyl (C=O) groups is 1. The molecular weight excluding hydrogens is 345 g/mol. The third-order valence-electron chi connectivity index (χ3n) is 5.10. The Kier molecular flexibility index (Phi) is 5.65. The van der Waals surface area contributed by atoms with Gasteiger partial charge in [-0.05, 0) is 25.0 Å². The van der Waals surface area contributed by atoms with Crippen LogP contribution in [0.5, 0.6) is 0 Å². The highest BCUT2D eigenvalue weighted by molar-refractivity contribution is 5.96. The van der Waals surface area contributed by atoms with Crippen molar-refractivity contribution in [2.75, 3.05) is 32.7 Å². The molecule has 0 atom stereocenters. The highest BCUT2D eigenvalue weighted by atomic mass is 19.1. The van der Waals surface area contributed by atoms with E-state index in [1.807, 2.05) is 37.8 Å². The number of amides is 1. The lowest BCUT2D eigenvalue weighted by Crippen LogP contribution is -2.49. The molecule has 2 aromatic rings. The van der Waals surface area contributed by atoms with E-state index in [2.05, 4.69) is 10.1 Å². The summed E-state index contributed by atoms with van der Waals surface area (Å²) in [4.78, 5) is 17.2. The standard InChI is InChI=1S/C21H28FN3O2/c1-15-18(19(23-27-15)21(2,3)4)20(26)25-13-11-24(12-14-25)10-9-16-7-5-6-8-17(16)22/h5-8H,9-14H2,1-4H3. The summed E-state index contributed by atoms with van der Waals surface area (Å²) in [7, 11) is 0. The SMILES string of the molecule is Cc1onc(C(C)(C)C)c1C(=O)N1CCN(CCc2ccccc2F)CC1. The minimum Gasteiger partial charge on any atom is -0.361 e. The fourth-order valence-electron chi connectivity index (χ4n) is 3.45. The number of hydrogen-bond acceptors (Lipinski definition) is 4. The van der Waals surface area contributed by atoms with E-state index in [0.717, 1.165) is 25.2 Å². The highest BCUT2D eigenvalue weighted by Gasteiger charge is 2.32. The summed E-state index contributed by atoms with van der Waals surface area (Å²) in [6.45, 7) is 11.6. The molecule has 0 bridgehead atoms. The van der Waals surface area contributed by atoms with Gasteiger partial charge in [0.15, 0.2) is 0 Å². The predicted molar refractivity (Wildman–Crippen MR) is 102 cm³/mol. The van der Waals surface area contributed by atoms with Gasteiger partial charge in [-0.2, -0.15) is 0 Å². The van der Waals surface area contributed by atoms with E-state index in [4.69, 9.17) is 4.52 Å². The van der Waals surface area contributed by atoms with Crippen LogP contribution in [-0.2, 0) is 11.8 Å². The quantitative estimate of drug-likeness (QED) is 0.824. The third kappa shape index (κ3) is 4.38. The Balaban J connectivity index is 1.59. The molecule has 3 rings (SSSR count). The van der Waals surface area contributed by atoms with Crippen molar-refractivity contribution in [1.82, 2.24) is 15.0 Å². The average molecular weight is 373 g/mol. The Morgan fingerprint density at radius 2 is 1.85 bits per heavy atom. The third-order valence-corrected chi connectivity index (χ3v) is 5.10. The van der Waals surface area contributed by atoms with E-state index in [1.54, 1.807) is 13.0 Å². The molecule has 1 aliphatic rings. The molecule has 0 spiro atoms. The molecule has 27 heavy (non-hydrogen) atoms. The minimum absolute atomic E-state index is 0.00701. The van der Waals surface area contributed by atoms with Crippen molar-refractivity contribution in [2.45, 2.75) is 39.5 Å². The Morgan fingerprint density at radius 1 is 1.19 bits per heavy atom. The van der Waals surface area contributed by atoms with Crippen LogP contribution < -0.4 is 0 Å². The maximum atomic E-state index is 13.8. The smallest absolute Gasteiger partial charge is 0.259 e. The van der Waals surface area contributed by atoms with Gasteiger partial charge in [-0.25, -0.2) is 4.39 Å². The number of benzene rings is 1. The number of piperazine rings is 1. The maximum Gasteiger partial charge on any atom is 0.259 e. The van der Waals surface area contributed by atoms with Crippen molar-refractivity contribution in [2.24, 2.45) is 0 Å². The van der Waals surface area contributed by atoms with Crippen LogP contribution in [0.15, 0.2) is 28.8 Å². The van der Waals surface area contributed by atoms with Crippen LogP contribution in [0.2, 0.25) is 0 Å². The van der Waals surface area contributed by atoms with Crippen molar-refractivity contribution in [3.05, 3.63) is 52.7 Å². The Morgan fingerprint density at radius 3 is 2.48 bits per heavy atom. The van der Waals surface area contributed by atoms with Gasteiger partial charge in [-0.1, -0.05) is 44.1 Å². The normalized spacial score (nSPS) is 16.0. The van der Waals surface area contributed by atoms with Gasteiger partial charge in [0, 0.05) is 38.1 Å². The molecule has 0 N–H and O–H groups in total. The first-order valence-corrected chi connectivity index (χ1v) is 9.49. The molecule has 1 aromatic heterocycles. The number of halogens is 1. The summed E-state index contributed by atoms with van der Waals surface area (Å²) in [5.74, 6) is 0.420. The van der Waals surface area contributed by atoms with E-state index in [1.165, 1.54) is 6.07 Å². The lowest BCUT2D eigenvalue weighted by Gasteiger charge is -2.35. The van der Waals surface area contributed by atoms with E-state index in [9.17, 15) is 9.18 Å². The summed E-state index contributed by atoms with van der Waals surface area (Å²) in [5.41, 5.74) is 1.81. The van der Waals surface area contributed by atoms with Crippen molar-refractivity contribution in [3.63, 3.8) is 0 Å². The minimum atomic E-state index is -0.246. The second-order valence-electron chi connectivity index (χ2n) is 8.19.